The van der Waals surface area contributed by atoms with Crippen molar-refractivity contribution in [2.45, 2.75) is 0 Å². The van der Waals surface area contributed by atoms with Crippen molar-refractivity contribution in [2.24, 2.45) is 0 Å². The van der Waals surface area contributed by atoms with Crippen LogP contribution in [0.25, 0.3) is 0 Å². The van der Waals surface area contributed by atoms with Crippen LogP contribution in [0.2, 0.25) is 10.0 Å². The first-order valence-corrected chi connectivity index (χ1v) is 6.18. The summed E-state index contributed by atoms with van der Waals surface area (Å²) < 4.78 is 18.3. The maximum atomic E-state index is 13.3. The molecule has 0 bridgehead atoms. The lowest BCUT2D eigenvalue weighted by Gasteiger charge is -2.09. The Kier molecular flexibility index (Phi) is 4.41. The second-order valence-corrected chi connectivity index (χ2v) is 4.41. The summed E-state index contributed by atoms with van der Waals surface area (Å²) in [6.45, 7) is 0. The molecule has 2 N–H and O–H groups in total. The van der Waals surface area contributed by atoms with E-state index < -0.39 is 5.82 Å². The average Bonchev–Trinajstić information content (AvgIpc) is 2.44. The van der Waals surface area contributed by atoms with E-state index in [1.165, 1.54) is 19.2 Å². The van der Waals surface area contributed by atoms with Crippen LogP contribution in [0.4, 0.5) is 22.0 Å². The van der Waals surface area contributed by atoms with Crippen LogP contribution in [0.1, 0.15) is 0 Å². The largest absolute Gasteiger partial charge is 0.467 e. The van der Waals surface area contributed by atoms with Gasteiger partial charge in [0, 0.05) is 12.7 Å². The van der Waals surface area contributed by atoms with Crippen LogP contribution in [0.15, 0.2) is 12.1 Å². The minimum absolute atomic E-state index is 0.102. The molecule has 106 valence electrons. The van der Waals surface area contributed by atoms with Crippen LogP contribution in [0.3, 0.4) is 0 Å². The highest BCUT2D eigenvalue weighted by atomic mass is 35.5. The molecule has 0 saturated heterocycles. The number of anilines is 3. The maximum Gasteiger partial charge on any atom is 0.322 e. The molecule has 1 heterocycles. The number of aromatic nitrogens is 3. The fourth-order valence-electron chi connectivity index (χ4n) is 1.37. The fourth-order valence-corrected chi connectivity index (χ4v) is 1.86. The molecule has 0 saturated carbocycles. The molecule has 0 atom stereocenters. The zero-order chi connectivity index (χ0) is 14.7. The molecule has 0 spiro atoms. The van der Waals surface area contributed by atoms with Crippen molar-refractivity contribution in [3.05, 3.63) is 28.0 Å². The number of halogens is 3. The van der Waals surface area contributed by atoms with Crippen LogP contribution in [0, 0.1) is 5.82 Å². The number of rotatable bonds is 4. The summed E-state index contributed by atoms with van der Waals surface area (Å²) in [4.78, 5) is 12.0. The molecule has 0 aliphatic heterocycles. The Bertz CT molecular complexity index is 595. The number of hydrogen-bond donors (Lipinski definition) is 2. The van der Waals surface area contributed by atoms with Crippen molar-refractivity contribution < 1.29 is 9.13 Å². The minimum atomic E-state index is -0.678. The van der Waals surface area contributed by atoms with Gasteiger partial charge in [0.25, 0.3) is 0 Å². The summed E-state index contributed by atoms with van der Waals surface area (Å²) in [5.41, 5.74) is 0.441. The molecule has 0 unspecified atom stereocenters. The molecule has 20 heavy (non-hydrogen) atoms. The van der Waals surface area contributed by atoms with E-state index in [9.17, 15) is 4.39 Å². The lowest BCUT2D eigenvalue weighted by molar-refractivity contribution is 0.379. The monoisotopic (exact) mass is 317 g/mol. The van der Waals surface area contributed by atoms with Gasteiger partial charge in [0.1, 0.15) is 0 Å². The molecule has 0 aliphatic carbocycles. The van der Waals surface area contributed by atoms with Crippen LogP contribution < -0.4 is 15.4 Å². The van der Waals surface area contributed by atoms with E-state index in [1.54, 1.807) is 7.05 Å². The summed E-state index contributed by atoms with van der Waals surface area (Å²) in [5.74, 6) is -0.151. The quantitative estimate of drug-likeness (QED) is 0.844. The van der Waals surface area contributed by atoms with Gasteiger partial charge in [0.2, 0.25) is 11.9 Å². The fraction of sp³-hybridized carbons (Fsp3) is 0.182. The molecule has 0 radical (unpaired) electrons. The van der Waals surface area contributed by atoms with Gasteiger partial charge < -0.3 is 15.4 Å². The Hall–Kier alpha value is -1.86. The van der Waals surface area contributed by atoms with E-state index in [1.807, 2.05) is 0 Å². The molecule has 9 heteroatoms. The number of nitrogens with zero attached hydrogens (tertiary/aromatic N) is 3. The van der Waals surface area contributed by atoms with Crippen molar-refractivity contribution in [1.29, 1.82) is 0 Å². The third-order valence-electron chi connectivity index (χ3n) is 2.26. The number of hydrogen-bond acceptors (Lipinski definition) is 6. The molecule has 0 fully saturated rings. The third kappa shape index (κ3) is 3.17. The Morgan fingerprint density at radius 2 is 1.70 bits per heavy atom. The van der Waals surface area contributed by atoms with Gasteiger partial charge in [-0.1, -0.05) is 23.2 Å². The maximum absolute atomic E-state index is 13.3. The molecule has 6 nitrogen and oxygen atoms in total. The minimum Gasteiger partial charge on any atom is -0.467 e. The van der Waals surface area contributed by atoms with Crippen LogP contribution >= 0.6 is 23.2 Å². The van der Waals surface area contributed by atoms with Gasteiger partial charge in [-0.3, -0.25) is 0 Å². The number of methoxy groups -OCH3 is 1. The Morgan fingerprint density at radius 1 is 1.10 bits per heavy atom. The van der Waals surface area contributed by atoms with Crippen molar-refractivity contribution in [1.82, 2.24) is 15.0 Å². The van der Waals surface area contributed by atoms with Crippen LogP contribution in [-0.4, -0.2) is 29.1 Å². The SMILES string of the molecule is CNc1nc(Nc2cc(Cl)c(F)c(Cl)c2)nc(OC)n1. The van der Waals surface area contributed by atoms with E-state index in [0.717, 1.165) is 0 Å². The highest BCUT2D eigenvalue weighted by Gasteiger charge is 2.10. The number of benzene rings is 1. The summed E-state index contributed by atoms with van der Waals surface area (Å²) in [5, 5.41) is 5.41. The van der Waals surface area contributed by atoms with Gasteiger partial charge in [-0.05, 0) is 12.1 Å². The van der Waals surface area contributed by atoms with Crippen LogP contribution in [-0.2, 0) is 0 Å². The second-order valence-electron chi connectivity index (χ2n) is 3.60. The molecular formula is C11H10Cl2FN5O. The van der Waals surface area contributed by atoms with E-state index in [2.05, 4.69) is 25.6 Å². The van der Waals surface area contributed by atoms with Gasteiger partial charge in [-0.25, -0.2) is 4.39 Å². The summed E-state index contributed by atoms with van der Waals surface area (Å²) in [6, 6.07) is 2.88. The molecule has 2 aromatic rings. The first kappa shape index (κ1) is 14.5. The first-order valence-electron chi connectivity index (χ1n) is 5.43. The van der Waals surface area contributed by atoms with E-state index in [-0.39, 0.29) is 22.0 Å². The normalized spacial score (nSPS) is 10.2. The van der Waals surface area contributed by atoms with Crippen LogP contribution in [0.5, 0.6) is 6.01 Å². The van der Waals surface area contributed by atoms with Gasteiger partial charge >= 0.3 is 6.01 Å². The second kappa shape index (κ2) is 6.06. The first-order chi connectivity index (χ1) is 9.53. The summed E-state index contributed by atoms with van der Waals surface area (Å²) >= 11 is 11.4. The molecule has 0 aliphatic rings. The Balaban J connectivity index is 2.34. The summed E-state index contributed by atoms with van der Waals surface area (Å²) in [6.07, 6.45) is 0. The molecule has 2 rings (SSSR count). The third-order valence-corrected chi connectivity index (χ3v) is 2.81. The average molecular weight is 318 g/mol. The van der Waals surface area contributed by atoms with E-state index in [0.29, 0.717) is 11.6 Å². The van der Waals surface area contributed by atoms with Crippen molar-refractivity contribution >= 4 is 40.8 Å². The lowest BCUT2D eigenvalue weighted by Crippen LogP contribution is -2.05. The van der Waals surface area contributed by atoms with Gasteiger partial charge in [-0.15, -0.1) is 0 Å². The Morgan fingerprint density at radius 3 is 2.25 bits per heavy atom. The van der Waals surface area contributed by atoms with Crippen molar-refractivity contribution in [3.63, 3.8) is 0 Å². The number of ether oxygens (including phenoxy) is 1. The predicted molar refractivity (Wildman–Crippen MR) is 75.6 cm³/mol. The highest BCUT2D eigenvalue weighted by Crippen LogP contribution is 2.28. The molecular weight excluding hydrogens is 308 g/mol. The molecule has 1 aromatic carbocycles. The predicted octanol–water partition coefficient (Wildman–Crippen LogP) is 3.11. The number of nitrogens with one attached hydrogen (secondary N) is 2. The van der Waals surface area contributed by atoms with Crippen molar-refractivity contribution in [2.75, 3.05) is 24.8 Å². The zero-order valence-corrected chi connectivity index (χ0v) is 12.1. The molecule has 1 aromatic heterocycles. The van der Waals surface area contributed by atoms with E-state index >= 15 is 0 Å². The van der Waals surface area contributed by atoms with Gasteiger partial charge in [0.05, 0.1) is 17.2 Å². The summed E-state index contributed by atoms with van der Waals surface area (Å²) in [7, 11) is 3.09. The van der Waals surface area contributed by atoms with Gasteiger partial charge in [0.15, 0.2) is 5.82 Å². The Labute approximate surface area is 124 Å². The smallest absolute Gasteiger partial charge is 0.322 e. The zero-order valence-electron chi connectivity index (χ0n) is 10.5. The topological polar surface area (TPSA) is 72.0 Å². The van der Waals surface area contributed by atoms with Crippen molar-refractivity contribution in [3.8, 4) is 6.01 Å². The highest BCUT2D eigenvalue weighted by molar-refractivity contribution is 6.35. The van der Waals surface area contributed by atoms with E-state index in [4.69, 9.17) is 27.9 Å². The van der Waals surface area contributed by atoms with Gasteiger partial charge in [-0.2, -0.15) is 15.0 Å². The standard InChI is InChI=1S/C11H10Cl2FN5O/c1-15-9-17-10(19-11(18-9)20-2)16-5-3-6(12)8(14)7(13)4-5/h3-4H,1-2H3,(H2,15,16,17,18,19). The lowest BCUT2D eigenvalue weighted by atomic mass is 10.3. The molecule has 0 amide bonds.